The summed E-state index contributed by atoms with van der Waals surface area (Å²) in [6.45, 7) is 4.52. The van der Waals surface area contributed by atoms with Crippen molar-refractivity contribution in [1.82, 2.24) is 10.3 Å². The Kier molecular flexibility index (Phi) is 8.68. The van der Waals surface area contributed by atoms with Crippen LogP contribution in [0.3, 0.4) is 0 Å². The second-order valence-electron chi connectivity index (χ2n) is 12.0. The molecule has 226 valence electrons. The van der Waals surface area contributed by atoms with Gasteiger partial charge in [-0.2, -0.15) is 0 Å². The molecule has 5 rings (SSSR count). The lowest BCUT2D eigenvalue weighted by molar-refractivity contribution is -0.144. The molecule has 1 fully saturated rings. The van der Waals surface area contributed by atoms with Crippen LogP contribution in [-0.2, 0) is 17.6 Å². The smallest absolute Gasteiger partial charge is 0.220 e. The van der Waals surface area contributed by atoms with E-state index in [4.69, 9.17) is 14.5 Å². The van der Waals surface area contributed by atoms with Crippen molar-refractivity contribution < 1.29 is 29.6 Å². The number of aromatic nitrogens is 1. The average molecular weight is 596 g/mol. The average Bonchev–Trinajstić information content (AvgIpc) is 3.38. The first-order valence-corrected chi connectivity index (χ1v) is 15.2. The minimum Gasteiger partial charge on any atom is -0.508 e. The molecular weight excluding hydrogens is 554 g/mol. The van der Waals surface area contributed by atoms with Gasteiger partial charge in [-0.1, -0.05) is 26.0 Å². The first-order valence-electron chi connectivity index (χ1n) is 14.4. The third-order valence-corrected chi connectivity index (χ3v) is 10.6. The number of phenols is 1. The fraction of sp³-hybridized carbons (Fsp3) is 0.500. The molecule has 3 aromatic rings. The lowest BCUT2D eigenvalue weighted by Gasteiger charge is -2.58. The Morgan fingerprint density at radius 3 is 2.64 bits per heavy atom. The molecule has 10 heteroatoms. The molecule has 0 saturated heterocycles. The molecule has 1 heterocycles. The largest absolute Gasteiger partial charge is 0.508 e. The van der Waals surface area contributed by atoms with E-state index < -0.39 is 11.5 Å². The molecule has 0 aliphatic heterocycles. The van der Waals surface area contributed by atoms with Gasteiger partial charge in [0.25, 0.3) is 0 Å². The normalized spacial score (nSPS) is 26.6. The van der Waals surface area contributed by atoms with E-state index >= 15 is 0 Å². The van der Waals surface area contributed by atoms with E-state index in [9.17, 15) is 20.1 Å². The van der Waals surface area contributed by atoms with Crippen LogP contribution in [0.2, 0.25) is 0 Å². The monoisotopic (exact) mass is 595 g/mol. The fourth-order valence-electron chi connectivity index (χ4n) is 7.05. The van der Waals surface area contributed by atoms with Crippen LogP contribution in [0.4, 0.5) is 10.8 Å². The molecule has 0 radical (unpaired) electrons. The minimum absolute atomic E-state index is 0.0233. The number of nitrogens with zero attached hydrogens (tertiary/aromatic N) is 1. The Morgan fingerprint density at radius 2 is 1.93 bits per heavy atom. The Balaban J connectivity index is 1.38. The number of nitrogens with one attached hydrogen (secondary N) is 2. The first-order chi connectivity index (χ1) is 20.1. The van der Waals surface area contributed by atoms with Crippen LogP contribution in [0.1, 0.15) is 55.2 Å². The van der Waals surface area contributed by atoms with Crippen molar-refractivity contribution in [2.45, 2.75) is 58.0 Å². The summed E-state index contributed by atoms with van der Waals surface area (Å²) < 4.78 is 10.7. The summed E-state index contributed by atoms with van der Waals surface area (Å²) in [6.07, 6.45) is 2.27. The van der Waals surface area contributed by atoms with Crippen molar-refractivity contribution in [1.29, 1.82) is 0 Å². The zero-order valence-electron chi connectivity index (χ0n) is 24.6. The molecular formula is C32H41N3O6S. The number of ether oxygens (including phenoxy) is 2. The van der Waals surface area contributed by atoms with E-state index in [2.05, 4.69) is 17.6 Å². The van der Waals surface area contributed by atoms with Crippen molar-refractivity contribution in [2.24, 2.45) is 16.7 Å². The van der Waals surface area contributed by atoms with Crippen LogP contribution in [0.25, 0.3) is 0 Å². The summed E-state index contributed by atoms with van der Waals surface area (Å²) in [5.74, 6) is 1.22. The maximum Gasteiger partial charge on any atom is 0.220 e. The first kappa shape index (κ1) is 30.1. The quantitative estimate of drug-likeness (QED) is 0.226. The minimum atomic E-state index is -0.685. The van der Waals surface area contributed by atoms with Gasteiger partial charge in [0.05, 0.1) is 32.6 Å². The number of benzene rings is 2. The van der Waals surface area contributed by atoms with Gasteiger partial charge in [0.15, 0.2) is 16.6 Å². The summed E-state index contributed by atoms with van der Waals surface area (Å²) in [5, 5.41) is 38.5. The van der Waals surface area contributed by atoms with Crippen LogP contribution >= 0.6 is 11.3 Å². The van der Waals surface area contributed by atoms with E-state index in [1.54, 1.807) is 32.4 Å². The number of methoxy groups -OCH3 is 2. The molecule has 1 aromatic heterocycles. The maximum atomic E-state index is 13.5. The molecule has 9 nitrogen and oxygen atoms in total. The van der Waals surface area contributed by atoms with Crippen LogP contribution in [0, 0.1) is 16.7 Å². The Labute approximate surface area is 250 Å². The number of anilines is 2. The summed E-state index contributed by atoms with van der Waals surface area (Å²) in [4.78, 5) is 19.5. The van der Waals surface area contributed by atoms with Crippen LogP contribution in [0.5, 0.6) is 17.2 Å². The van der Waals surface area contributed by atoms with Gasteiger partial charge in [-0.25, -0.2) is 4.98 Å². The number of thiazole rings is 1. The molecule has 0 bridgehead atoms. The number of hydrogen-bond donors (Lipinski definition) is 5. The van der Waals surface area contributed by atoms with Gasteiger partial charge in [0.2, 0.25) is 5.91 Å². The maximum absolute atomic E-state index is 13.5. The Morgan fingerprint density at radius 1 is 1.14 bits per heavy atom. The predicted molar refractivity (Wildman–Crippen MR) is 163 cm³/mol. The summed E-state index contributed by atoms with van der Waals surface area (Å²) in [6, 6.07) is 12.6. The van der Waals surface area contributed by atoms with Crippen molar-refractivity contribution in [3.8, 4) is 17.2 Å². The van der Waals surface area contributed by atoms with Gasteiger partial charge in [0.1, 0.15) is 5.75 Å². The molecule has 1 saturated carbocycles. The van der Waals surface area contributed by atoms with Crippen LogP contribution in [0.15, 0.2) is 42.5 Å². The van der Waals surface area contributed by atoms with E-state index in [1.807, 2.05) is 31.2 Å². The number of phenolic OH excluding ortho intramolecular Hbond substituents is 1. The van der Waals surface area contributed by atoms with Gasteiger partial charge in [0, 0.05) is 40.9 Å². The summed E-state index contributed by atoms with van der Waals surface area (Å²) in [5.41, 5.74) is 1.65. The lowest BCUT2D eigenvalue weighted by atomic mass is 9.47. The molecule has 2 aliphatic rings. The number of amides is 1. The number of rotatable bonds is 10. The fourth-order valence-corrected chi connectivity index (χ4v) is 8.14. The highest BCUT2D eigenvalue weighted by atomic mass is 32.1. The highest BCUT2D eigenvalue weighted by Crippen LogP contribution is 2.62. The molecule has 0 spiro atoms. The predicted octanol–water partition coefficient (Wildman–Crippen LogP) is 4.77. The van der Waals surface area contributed by atoms with E-state index in [0.29, 0.717) is 42.4 Å². The second-order valence-corrected chi connectivity index (χ2v) is 13.1. The number of aliphatic hydroxyl groups is 2. The van der Waals surface area contributed by atoms with E-state index in [1.165, 1.54) is 11.3 Å². The molecule has 5 atom stereocenters. The highest BCUT2D eigenvalue weighted by Gasteiger charge is 2.59. The van der Waals surface area contributed by atoms with Gasteiger partial charge in [-0.15, -0.1) is 11.3 Å². The molecule has 1 amide bonds. The summed E-state index contributed by atoms with van der Waals surface area (Å²) >= 11 is 1.53. The standard InChI is InChI=1S/C32H41N3O6S/c1-31-12-10-27(38)32(2,18-36)26(31)17-25-29(35-30(42-25)34-20-6-5-7-21(37)15-20)22(31)16-28(39)33-13-11-19-8-9-23(40-3)24(14-19)41-4/h5-9,14-15,22,26-27,36-38H,10-13,16-18H2,1-4H3,(H,33,39)(H,34,35)/t22-,26+,27-,31+,32+/m1/s1. The number of carbonyl (C=O) groups is 1. The van der Waals surface area contributed by atoms with E-state index in [0.717, 1.165) is 28.2 Å². The Bertz CT molecular complexity index is 1430. The van der Waals surface area contributed by atoms with Gasteiger partial charge < -0.3 is 35.4 Å². The molecule has 0 unspecified atom stereocenters. The third-order valence-electron chi connectivity index (χ3n) is 9.56. The van der Waals surface area contributed by atoms with Crippen molar-refractivity contribution in [3.05, 3.63) is 58.6 Å². The Hall–Kier alpha value is -3.34. The van der Waals surface area contributed by atoms with Crippen molar-refractivity contribution in [2.75, 3.05) is 32.7 Å². The van der Waals surface area contributed by atoms with Crippen LogP contribution < -0.4 is 20.1 Å². The van der Waals surface area contributed by atoms with Gasteiger partial charge >= 0.3 is 0 Å². The molecule has 5 N–H and O–H groups in total. The SMILES string of the molecule is COc1ccc(CCNC(=O)C[C@@H]2c3nc(Nc4cccc(O)c4)sc3C[C@@H]3[C@](C)(CO)[C@H](O)CC[C@]32C)cc1OC. The van der Waals surface area contributed by atoms with E-state index in [-0.39, 0.29) is 41.9 Å². The van der Waals surface area contributed by atoms with Crippen molar-refractivity contribution >= 4 is 28.1 Å². The number of aliphatic hydroxyl groups excluding tert-OH is 2. The number of hydrogen-bond acceptors (Lipinski definition) is 9. The number of fused-ring (bicyclic) bond motifs is 2. The lowest BCUT2D eigenvalue weighted by Crippen LogP contribution is -2.57. The number of aromatic hydroxyl groups is 1. The highest BCUT2D eigenvalue weighted by molar-refractivity contribution is 7.15. The second kappa shape index (κ2) is 12.1. The molecule has 2 aromatic carbocycles. The van der Waals surface area contributed by atoms with Crippen LogP contribution in [-0.4, -0.2) is 59.7 Å². The summed E-state index contributed by atoms with van der Waals surface area (Å²) in [7, 11) is 3.20. The molecule has 42 heavy (non-hydrogen) atoms. The zero-order chi connectivity index (χ0) is 30.1. The van der Waals surface area contributed by atoms with Gasteiger partial charge in [-0.3, -0.25) is 4.79 Å². The molecule has 2 aliphatic carbocycles. The zero-order valence-corrected chi connectivity index (χ0v) is 25.5. The third kappa shape index (κ3) is 5.67. The number of carbonyl (C=O) groups excluding carboxylic acids is 1. The van der Waals surface area contributed by atoms with Gasteiger partial charge in [-0.05, 0) is 66.8 Å². The van der Waals surface area contributed by atoms with Crippen molar-refractivity contribution in [3.63, 3.8) is 0 Å². The topological polar surface area (TPSA) is 133 Å².